The Morgan fingerprint density at radius 2 is 1.83 bits per heavy atom. The van der Waals surface area contributed by atoms with E-state index in [1.165, 1.54) is 24.3 Å². The topological polar surface area (TPSA) is 89.5 Å². The van der Waals surface area contributed by atoms with Gasteiger partial charge in [0.1, 0.15) is 17.2 Å². The number of fused-ring (bicyclic) bond motifs is 1. The maximum atomic E-state index is 12.9. The Hall–Kier alpha value is -3.42. The Labute approximate surface area is 181 Å². The minimum absolute atomic E-state index is 0.0894. The third-order valence-electron chi connectivity index (χ3n) is 4.61. The molecule has 9 heteroatoms. The highest BCUT2D eigenvalue weighted by molar-refractivity contribution is 6.42. The third-order valence-corrected chi connectivity index (χ3v) is 5.35. The Kier molecular flexibility index (Phi) is 5.15. The summed E-state index contributed by atoms with van der Waals surface area (Å²) in [6.45, 7) is 1.92. The predicted octanol–water partition coefficient (Wildman–Crippen LogP) is 5.78. The second-order valence-electron chi connectivity index (χ2n) is 6.58. The number of pyridine rings is 1. The monoisotopic (exact) mass is 440 g/mol. The average Bonchev–Trinajstić information content (AvgIpc) is 3.10. The number of imidazole rings is 1. The van der Waals surface area contributed by atoms with Crippen LogP contribution in [-0.2, 0) is 0 Å². The molecule has 30 heavy (non-hydrogen) atoms. The molecular weight excluding hydrogens is 427 g/mol. The smallest absolute Gasteiger partial charge is 0.269 e. The molecule has 0 aliphatic carbocycles. The van der Waals surface area contributed by atoms with Gasteiger partial charge in [-0.3, -0.25) is 19.3 Å². The molecule has 4 aromatic rings. The van der Waals surface area contributed by atoms with Crippen LogP contribution in [0.4, 0.5) is 11.5 Å². The van der Waals surface area contributed by atoms with Crippen LogP contribution in [0.15, 0.2) is 60.8 Å². The van der Waals surface area contributed by atoms with Crippen molar-refractivity contribution < 1.29 is 9.72 Å². The predicted molar refractivity (Wildman–Crippen MR) is 116 cm³/mol. The van der Waals surface area contributed by atoms with Crippen LogP contribution < -0.4 is 5.32 Å². The summed E-state index contributed by atoms with van der Waals surface area (Å²) in [6, 6.07) is 14.3. The fraction of sp³-hybridized carbons (Fsp3) is 0.0476. The highest BCUT2D eigenvalue weighted by Crippen LogP contribution is 2.34. The SMILES string of the molecule is Cc1cccn2c(NC(=O)c3ccc([N+](=O)[O-])cc3)c(-c3ccc(Cl)c(Cl)c3)nc12. The largest absolute Gasteiger partial charge is 0.306 e. The lowest BCUT2D eigenvalue weighted by Gasteiger charge is -2.09. The number of carbonyl (C=O) groups excluding carboxylic acids is 1. The van der Waals surface area contributed by atoms with Crippen LogP contribution in [0.1, 0.15) is 15.9 Å². The van der Waals surface area contributed by atoms with Gasteiger partial charge in [-0.25, -0.2) is 4.98 Å². The van der Waals surface area contributed by atoms with Gasteiger partial charge in [0.2, 0.25) is 0 Å². The fourth-order valence-electron chi connectivity index (χ4n) is 3.08. The number of halogens is 2. The molecular formula is C21H14Cl2N4O3. The summed E-state index contributed by atoms with van der Waals surface area (Å²) in [4.78, 5) is 27.9. The maximum Gasteiger partial charge on any atom is 0.269 e. The van der Waals surface area contributed by atoms with Gasteiger partial charge in [-0.2, -0.15) is 0 Å². The quantitative estimate of drug-likeness (QED) is 0.321. The van der Waals surface area contributed by atoms with E-state index >= 15 is 0 Å². The number of aromatic nitrogens is 2. The lowest BCUT2D eigenvalue weighted by molar-refractivity contribution is -0.384. The lowest BCUT2D eigenvalue weighted by atomic mass is 10.1. The molecule has 0 unspecified atom stereocenters. The van der Waals surface area contributed by atoms with Gasteiger partial charge in [0.15, 0.2) is 0 Å². The van der Waals surface area contributed by atoms with Crippen LogP contribution in [0.2, 0.25) is 10.0 Å². The van der Waals surface area contributed by atoms with Gasteiger partial charge in [-0.1, -0.05) is 35.3 Å². The van der Waals surface area contributed by atoms with Crippen molar-refractivity contribution in [2.45, 2.75) is 6.92 Å². The Balaban J connectivity index is 1.80. The van der Waals surface area contributed by atoms with Crippen molar-refractivity contribution in [1.82, 2.24) is 9.38 Å². The standard InChI is InChI=1S/C21H14Cl2N4O3/c1-12-3-2-10-26-19(12)24-18(14-6-9-16(22)17(23)11-14)20(26)25-21(28)13-4-7-15(8-5-13)27(29)30/h2-11H,1H3,(H,25,28). The van der Waals surface area contributed by atoms with E-state index in [2.05, 4.69) is 5.32 Å². The van der Waals surface area contributed by atoms with Crippen molar-refractivity contribution in [3.8, 4) is 11.3 Å². The third kappa shape index (κ3) is 3.60. The molecule has 1 N–H and O–H groups in total. The zero-order valence-corrected chi connectivity index (χ0v) is 17.1. The minimum Gasteiger partial charge on any atom is -0.306 e. The number of carbonyl (C=O) groups is 1. The fourth-order valence-corrected chi connectivity index (χ4v) is 3.38. The van der Waals surface area contributed by atoms with Crippen LogP contribution in [0.3, 0.4) is 0 Å². The second kappa shape index (κ2) is 7.78. The molecule has 0 aliphatic rings. The van der Waals surface area contributed by atoms with E-state index in [-0.39, 0.29) is 11.3 Å². The molecule has 0 fully saturated rings. The van der Waals surface area contributed by atoms with E-state index in [1.807, 2.05) is 19.1 Å². The first kappa shape index (κ1) is 19.9. The zero-order chi connectivity index (χ0) is 21.4. The molecule has 0 bridgehead atoms. The molecule has 7 nitrogen and oxygen atoms in total. The van der Waals surface area contributed by atoms with Crippen molar-refractivity contribution in [1.29, 1.82) is 0 Å². The molecule has 2 heterocycles. The first-order chi connectivity index (χ1) is 14.3. The molecule has 0 saturated carbocycles. The Morgan fingerprint density at radius 1 is 1.10 bits per heavy atom. The van der Waals surface area contributed by atoms with Crippen molar-refractivity contribution in [2.24, 2.45) is 0 Å². The summed E-state index contributed by atoms with van der Waals surface area (Å²) < 4.78 is 1.77. The second-order valence-corrected chi connectivity index (χ2v) is 7.40. The number of nitro benzene ring substituents is 1. The van der Waals surface area contributed by atoms with Gasteiger partial charge in [0.25, 0.3) is 11.6 Å². The molecule has 1 amide bonds. The van der Waals surface area contributed by atoms with Gasteiger partial charge in [0.05, 0.1) is 15.0 Å². The van der Waals surface area contributed by atoms with Gasteiger partial charge in [0, 0.05) is 29.5 Å². The normalized spacial score (nSPS) is 10.9. The molecule has 2 aromatic carbocycles. The number of non-ortho nitro benzene ring substituents is 1. The van der Waals surface area contributed by atoms with Crippen LogP contribution in [0, 0.1) is 17.0 Å². The van der Waals surface area contributed by atoms with Gasteiger partial charge < -0.3 is 5.32 Å². The molecule has 0 radical (unpaired) electrons. The van der Waals surface area contributed by atoms with Crippen LogP contribution in [0.5, 0.6) is 0 Å². The molecule has 2 aromatic heterocycles. The van der Waals surface area contributed by atoms with Crippen molar-refractivity contribution in [3.63, 3.8) is 0 Å². The first-order valence-electron chi connectivity index (χ1n) is 8.84. The number of benzene rings is 2. The van der Waals surface area contributed by atoms with E-state index in [0.29, 0.717) is 32.8 Å². The summed E-state index contributed by atoms with van der Waals surface area (Å²) in [5.41, 5.74) is 3.01. The summed E-state index contributed by atoms with van der Waals surface area (Å²) in [7, 11) is 0. The van der Waals surface area contributed by atoms with Crippen molar-refractivity contribution in [3.05, 3.63) is 92.1 Å². The average molecular weight is 441 g/mol. The number of rotatable bonds is 4. The highest BCUT2D eigenvalue weighted by atomic mass is 35.5. The number of nitrogens with one attached hydrogen (secondary N) is 1. The number of nitrogens with zero attached hydrogens (tertiary/aromatic N) is 3. The number of amides is 1. The summed E-state index contributed by atoms with van der Waals surface area (Å²) >= 11 is 12.2. The van der Waals surface area contributed by atoms with E-state index in [0.717, 1.165) is 5.56 Å². The van der Waals surface area contributed by atoms with E-state index in [1.54, 1.807) is 28.8 Å². The number of aryl methyl sites for hydroxylation is 1. The molecule has 0 atom stereocenters. The Bertz CT molecular complexity index is 1300. The van der Waals surface area contributed by atoms with Crippen LogP contribution in [0.25, 0.3) is 16.9 Å². The molecule has 150 valence electrons. The molecule has 0 aliphatic heterocycles. The van der Waals surface area contributed by atoms with Gasteiger partial charge >= 0.3 is 0 Å². The molecule has 0 spiro atoms. The van der Waals surface area contributed by atoms with E-state index < -0.39 is 10.8 Å². The summed E-state index contributed by atoms with van der Waals surface area (Å²) in [6.07, 6.45) is 1.79. The van der Waals surface area contributed by atoms with E-state index in [4.69, 9.17) is 28.2 Å². The summed E-state index contributed by atoms with van der Waals surface area (Å²) in [5.74, 6) is 0.0324. The number of anilines is 1. The van der Waals surface area contributed by atoms with E-state index in [9.17, 15) is 14.9 Å². The first-order valence-corrected chi connectivity index (χ1v) is 9.59. The minimum atomic E-state index is -0.517. The summed E-state index contributed by atoms with van der Waals surface area (Å²) in [5, 5.41) is 14.5. The van der Waals surface area contributed by atoms with Gasteiger partial charge in [-0.15, -0.1) is 0 Å². The van der Waals surface area contributed by atoms with Crippen molar-refractivity contribution in [2.75, 3.05) is 5.32 Å². The zero-order valence-electron chi connectivity index (χ0n) is 15.6. The maximum absolute atomic E-state index is 12.9. The van der Waals surface area contributed by atoms with Crippen LogP contribution in [-0.4, -0.2) is 20.2 Å². The van der Waals surface area contributed by atoms with Gasteiger partial charge in [-0.05, 0) is 42.8 Å². The molecule has 0 saturated heterocycles. The Morgan fingerprint density at radius 3 is 2.50 bits per heavy atom. The van der Waals surface area contributed by atoms with Crippen molar-refractivity contribution >= 4 is 46.3 Å². The lowest BCUT2D eigenvalue weighted by Crippen LogP contribution is -2.14. The van der Waals surface area contributed by atoms with Crippen LogP contribution >= 0.6 is 23.2 Å². The highest BCUT2D eigenvalue weighted by Gasteiger charge is 2.19. The molecule has 4 rings (SSSR count). The number of hydrogen-bond donors (Lipinski definition) is 1. The number of nitro groups is 1. The number of hydrogen-bond acceptors (Lipinski definition) is 4.